The van der Waals surface area contributed by atoms with E-state index < -0.39 is 59.7 Å². The number of rotatable bonds is 19. The Bertz CT molecular complexity index is 1870. The molecule has 3 fully saturated rings. The molecule has 2 aromatic rings. The van der Waals surface area contributed by atoms with Crippen LogP contribution in [0.2, 0.25) is 0 Å². The number of carbonyl (C=O) groups is 7. The molecule has 2 saturated heterocycles. The molecule has 3 aliphatic rings. The predicted molar refractivity (Wildman–Crippen MR) is 227 cm³/mol. The summed E-state index contributed by atoms with van der Waals surface area (Å²) >= 11 is 0. The SMILES string of the molecule is CC(C)CC(NC(=O)C(Cc1ccccc1)NC(=O)C(Cc1ccccc1)NC(=O)O)C(=O)NC(CCCCNC(=O)OC(C)(C)C)C(=O)N1CC2(C1)CC1(CNC(=O)C1)C2. The lowest BCUT2D eigenvalue weighted by atomic mass is 9.49. The van der Waals surface area contributed by atoms with Crippen molar-refractivity contribution in [3.05, 3.63) is 71.8 Å². The van der Waals surface area contributed by atoms with Crippen LogP contribution in [0.4, 0.5) is 9.59 Å². The normalized spacial score (nSPS) is 18.1. The van der Waals surface area contributed by atoms with Crippen LogP contribution in [-0.2, 0) is 41.6 Å². The third kappa shape index (κ3) is 13.7. The molecule has 61 heavy (non-hydrogen) atoms. The summed E-state index contributed by atoms with van der Waals surface area (Å²) in [7, 11) is 0. The lowest BCUT2D eigenvalue weighted by Crippen LogP contribution is -2.69. The number of hydrogen-bond donors (Lipinski definition) is 7. The highest BCUT2D eigenvalue weighted by Gasteiger charge is 2.62. The van der Waals surface area contributed by atoms with Crippen LogP contribution in [0, 0.1) is 16.7 Å². The number of likely N-dealkylation sites (tertiary alicyclic amines) is 1. The van der Waals surface area contributed by atoms with E-state index in [1.807, 2.05) is 19.9 Å². The summed E-state index contributed by atoms with van der Waals surface area (Å²) in [6, 6.07) is 13.5. The summed E-state index contributed by atoms with van der Waals surface area (Å²) in [6.07, 6.45) is 1.89. The van der Waals surface area contributed by atoms with Crippen molar-refractivity contribution in [1.82, 2.24) is 36.8 Å². The molecule has 7 amide bonds. The van der Waals surface area contributed by atoms with E-state index in [2.05, 4.69) is 31.9 Å². The Morgan fingerprint density at radius 3 is 1.79 bits per heavy atom. The first-order valence-electron chi connectivity index (χ1n) is 21.3. The zero-order valence-corrected chi connectivity index (χ0v) is 36.0. The predicted octanol–water partition coefficient (Wildman–Crippen LogP) is 3.43. The number of nitrogens with one attached hydrogen (secondary N) is 6. The molecule has 2 spiro atoms. The lowest BCUT2D eigenvalue weighted by Gasteiger charge is -2.63. The minimum Gasteiger partial charge on any atom is -0.465 e. The molecule has 0 bridgehead atoms. The van der Waals surface area contributed by atoms with Gasteiger partial charge in [0.05, 0.1) is 0 Å². The third-order valence-corrected chi connectivity index (χ3v) is 11.4. The van der Waals surface area contributed by atoms with E-state index in [1.54, 1.807) is 80.3 Å². The fourth-order valence-corrected chi connectivity index (χ4v) is 8.93. The molecule has 0 radical (unpaired) electrons. The summed E-state index contributed by atoms with van der Waals surface area (Å²) in [4.78, 5) is 93.9. The van der Waals surface area contributed by atoms with Crippen LogP contribution < -0.4 is 31.9 Å². The Labute approximate surface area is 358 Å². The van der Waals surface area contributed by atoms with E-state index in [-0.39, 0.29) is 54.2 Å². The molecule has 1 saturated carbocycles. The molecule has 0 aromatic heterocycles. The van der Waals surface area contributed by atoms with Crippen molar-refractivity contribution in [2.24, 2.45) is 16.7 Å². The maximum absolute atomic E-state index is 14.2. The molecule has 5 rings (SSSR count). The van der Waals surface area contributed by atoms with Gasteiger partial charge in [-0.1, -0.05) is 74.5 Å². The van der Waals surface area contributed by atoms with Crippen LogP contribution in [-0.4, -0.2) is 108 Å². The number of alkyl carbamates (subject to hydrolysis) is 1. The van der Waals surface area contributed by atoms with Crippen molar-refractivity contribution >= 4 is 41.7 Å². The number of hydrogen-bond acceptors (Lipinski definition) is 8. The Morgan fingerprint density at radius 1 is 0.754 bits per heavy atom. The fourth-order valence-electron chi connectivity index (χ4n) is 8.93. The summed E-state index contributed by atoms with van der Waals surface area (Å²) in [5, 5.41) is 26.0. The minimum atomic E-state index is -1.40. The highest BCUT2D eigenvalue weighted by atomic mass is 16.6. The van der Waals surface area contributed by atoms with Crippen LogP contribution in [0.1, 0.15) is 90.7 Å². The molecule has 4 atom stereocenters. The topological polar surface area (TPSA) is 224 Å². The lowest BCUT2D eigenvalue weighted by molar-refractivity contribution is -0.169. The van der Waals surface area contributed by atoms with Crippen LogP contribution in [0.15, 0.2) is 60.7 Å². The maximum atomic E-state index is 14.2. The van der Waals surface area contributed by atoms with Crippen LogP contribution >= 0.6 is 0 Å². The highest BCUT2D eigenvalue weighted by Crippen LogP contribution is 2.61. The van der Waals surface area contributed by atoms with Gasteiger partial charge in [0, 0.05) is 50.9 Å². The number of unbranched alkanes of at least 4 members (excludes halogenated alkanes) is 1. The first-order valence-corrected chi connectivity index (χ1v) is 21.3. The number of nitrogens with zero attached hydrogens (tertiary/aromatic N) is 1. The van der Waals surface area contributed by atoms with Gasteiger partial charge in [-0.3, -0.25) is 24.0 Å². The van der Waals surface area contributed by atoms with Gasteiger partial charge in [0.2, 0.25) is 29.5 Å². The molecular weight excluding hydrogens is 783 g/mol. The van der Waals surface area contributed by atoms with E-state index in [0.717, 1.165) is 18.4 Å². The zero-order chi connectivity index (χ0) is 44.4. The van der Waals surface area contributed by atoms with Crippen molar-refractivity contribution in [2.75, 3.05) is 26.2 Å². The second kappa shape index (κ2) is 20.3. The van der Waals surface area contributed by atoms with Gasteiger partial charge >= 0.3 is 12.2 Å². The molecule has 2 aliphatic heterocycles. The summed E-state index contributed by atoms with van der Waals surface area (Å²) in [5.41, 5.74) is 0.703. The van der Waals surface area contributed by atoms with Crippen LogP contribution in [0.3, 0.4) is 0 Å². The average Bonchev–Trinajstić information content (AvgIpc) is 3.55. The van der Waals surface area contributed by atoms with Gasteiger partial charge in [0.1, 0.15) is 29.8 Å². The van der Waals surface area contributed by atoms with Crippen molar-refractivity contribution in [3.8, 4) is 0 Å². The van der Waals surface area contributed by atoms with E-state index in [4.69, 9.17) is 4.74 Å². The van der Waals surface area contributed by atoms with Gasteiger partial charge in [-0.15, -0.1) is 0 Å². The Morgan fingerprint density at radius 2 is 1.28 bits per heavy atom. The highest BCUT2D eigenvalue weighted by molar-refractivity contribution is 5.95. The summed E-state index contributed by atoms with van der Waals surface area (Å²) in [5.74, 6) is -2.14. The molecule has 332 valence electrons. The largest absolute Gasteiger partial charge is 0.465 e. The van der Waals surface area contributed by atoms with Gasteiger partial charge in [0.25, 0.3) is 0 Å². The number of carbonyl (C=O) groups excluding carboxylic acids is 6. The molecule has 16 nitrogen and oxygen atoms in total. The Balaban J connectivity index is 1.28. The van der Waals surface area contributed by atoms with Crippen molar-refractivity contribution in [2.45, 2.75) is 122 Å². The first kappa shape index (κ1) is 46.4. The maximum Gasteiger partial charge on any atom is 0.407 e. The molecule has 16 heteroatoms. The van der Waals surface area contributed by atoms with Crippen molar-refractivity contribution < 1.29 is 43.4 Å². The summed E-state index contributed by atoms with van der Waals surface area (Å²) in [6.45, 7) is 11.2. The number of carboxylic acid groups (broad SMARTS) is 1. The molecular formula is C45H63N7O9. The first-order chi connectivity index (χ1) is 28.8. The van der Waals surface area contributed by atoms with E-state index in [1.165, 1.54) is 0 Å². The quantitative estimate of drug-likeness (QED) is 0.103. The van der Waals surface area contributed by atoms with Gasteiger partial charge in [-0.05, 0) is 81.8 Å². The third-order valence-electron chi connectivity index (χ3n) is 11.4. The van der Waals surface area contributed by atoms with Crippen LogP contribution in [0.5, 0.6) is 0 Å². The zero-order valence-electron chi connectivity index (χ0n) is 36.0. The van der Waals surface area contributed by atoms with E-state index >= 15 is 0 Å². The monoisotopic (exact) mass is 845 g/mol. The minimum absolute atomic E-state index is 0.0411. The van der Waals surface area contributed by atoms with Gasteiger partial charge in [0.15, 0.2) is 0 Å². The van der Waals surface area contributed by atoms with E-state index in [0.29, 0.717) is 51.0 Å². The number of ether oxygens (including phenoxy) is 1. The van der Waals surface area contributed by atoms with E-state index in [9.17, 15) is 38.7 Å². The molecule has 2 aromatic carbocycles. The van der Waals surface area contributed by atoms with Crippen molar-refractivity contribution in [3.63, 3.8) is 0 Å². The smallest absolute Gasteiger partial charge is 0.407 e. The summed E-state index contributed by atoms with van der Waals surface area (Å²) < 4.78 is 5.32. The average molecular weight is 846 g/mol. The van der Waals surface area contributed by atoms with Gasteiger partial charge in [-0.2, -0.15) is 0 Å². The fraction of sp³-hybridized carbons (Fsp3) is 0.578. The molecule has 2 heterocycles. The molecule has 1 aliphatic carbocycles. The Kier molecular flexibility index (Phi) is 15.4. The second-order valence-electron chi connectivity index (χ2n) is 18.6. The van der Waals surface area contributed by atoms with Gasteiger partial charge in [-0.25, -0.2) is 9.59 Å². The standard InChI is InChI=1S/C45H63N7O9/c1-29(2)20-33(49-38(55)34(21-30-14-8-6-9-15-30)50-39(56)35(51-41(58)59)22-31-16-10-7-11-17-31)37(54)48-32(18-12-13-19-46-42(60)61-43(3,4)5)40(57)52-27-45(28-52)24-44(25-45)23-36(53)47-26-44/h6-11,14-17,29,32-35,51H,12-13,18-28H2,1-5H3,(H,46,60)(H,47,53)(H,48,54)(H,49,55)(H,50,56)(H,58,59). The second-order valence-corrected chi connectivity index (χ2v) is 18.6. The number of benzene rings is 2. The van der Waals surface area contributed by atoms with Gasteiger partial charge < -0.3 is 46.6 Å². The van der Waals surface area contributed by atoms with Crippen molar-refractivity contribution in [1.29, 1.82) is 0 Å². The number of amides is 7. The molecule has 7 N–H and O–H groups in total. The Hall–Kier alpha value is -5.67. The molecule has 4 unspecified atom stereocenters. The van der Waals surface area contributed by atoms with Crippen LogP contribution in [0.25, 0.3) is 0 Å².